The fourth-order valence-corrected chi connectivity index (χ4v) is 2.61. The molecule has 0 aliphatic heterocycles. The van der Waals surface area contributed by atoms with E-state index in [1.165, 1.54) is 22.5 Å². The summed E-state index contributed by atoms with van der Waals surface area (Å²) in [6, 6.07) is 10.3. The Hall–Kier alpha value is -3.42. The number of aromatic carboxylic acids is 1. The van der Waals surface area contributed by atoms with Crippen LogP contribution in [0.4, 0.5) is 5.82 Å². The van der Waals surface area contributed by atoms with Crippen molar-refractivity contribution < 1.29 is 14.7 Å². The van der Waals surface area contributed by atoms with E-state index in [1.807, 2.05) is 31.2 Å². The van der Waals surface area contributed by atoms with Crippen molar-refractivity contribution in [2.24, 2.45) is 0 Å². The van der Waals surface area contributed by atoms with Crippen molar-refractivity contribution in [3.63, 3.8) is 0 Å². The Bertz CT molecular complexity index is 944. The average molecular weight is 353 g/mol. The summed E-state index contributed by atoms with van der Waals surface area (Å²) in [7, 11) is 0. The van der Waals surface area contributed by atoms with E-state index in [9.17, 15) is 9.59 Å². The zero-order valence-electron chi connectivity index (χ0n) is 14.5. The minimum absolute atomic E-state index is 0.0438. The lowest BCUT2D eigenvalue weighted by molar-refractivity contribution is -0.119. The molecule has 2 aromatic heterocycles. The topological polar surface area (TPSA) is 102 Å². The number of carbonyl (C=O) groups is 2. The number of carboxylic acid groups (broad SMARTS) is 1. The highest BCUT2D eigenvalue weighted by Gasteiger charge is 2.22. The molecule has 0 aliphatic carbocycles. The number of aromatic nitrogens is 4. The number of aryl methyl sites for hydroxylation is 1. The quantitative estimate of drug-likeness (QED) is 0.708. The van der Waals surface area contributed by atoms with Crippen molar-refractivity contribution in [3.05, 3.63) is 65.6 Å². The van der Waals surface area contributed by atoms with E-state index in [0.717, 1.165) is 5.56 Å². The van der Waals surface area contributed by atoms with Crippen LogP contribution in [0.1, 0.15) is 34.6 Å². The number of rotatable bonds is 6. The lowest BCUT2D eigenvalue weighted by Gasteiger charge is -2.13. The lowest BCUT2D eigenvalue weighted by atomic mass is 10.1. The Morgan fingerprint density at radius 1 is 1.23 bits per heavy atom. The van der Waals surface area contributed by atoms with Gasteiger partial charge in [0.15, 0.2) is 5.82 Å². The van der Waals surface area contributed by atoms with Crippen molar-refractivity contribution in [1.29, 1.82) is 0 Å². The van der Waals surface area contributed by atoms with Gasteiger partial charge in [-0.2, -0.15) is 10.2 Å². The van der Waals surface area contributed by atoms with Crippen LogP contribution in [0, 0.1) is 6.92 Å². The minimum atomic E-state index is -1.13. The van der Waals surface area contributed by atoms with E-state index in [1.54, 1.807) is 23.9 Å². The molecular formula is C18H19N5O3. The molecule has 1 amide bonds. The molecule has 26 heavy (non-hydrogen) atoms. The van der Waals surface area contributed by atoms with Gasteiger partial charge < -0.3 is 10.4 Å². The molecule has 8 nitrogen and oxygen atoms in total. The van der Waals surface area contributed by atoms with E-state index in [2.05, 4.69) is 15.5 Å². The third-order valence-electron chi connectivity index (χ3n) is 4.12. The second-order valence-corrected chi connectivity index (χ2v) is 5.96. The largest absolute Gasteiger partial charge is 0.477 e. The smallest absolute Gasteiger partial charge is 0.354 e. The molecule has 8 heteroatoms. The first-order valence-corrected chi connectivity index (χ1v) is 8.11. The zero-order valence-corrected chi connectivity index (χ0v) is 14.5. The van der Waals surface area contributed by atoms with Crippen molar-refractivity contribution in [2.45, 2.75) is 26.4 Å². The average Bonchev–Trinajstić information content (AvgIpc) is 3.25. The van der Waals surface area contributed by atoms with Gasteiger partial charge in [-0.3, -0.25) is 9.48 Å². The predicted molar refractivity (Wildman–Crippen MR) is 95.0 cm³/mol. The summed E-state index contributed by atoms with van der Waals surface area (Å²) in [5.41, 5.74) is 2.27. The number of nitrogens with zero attached hydrogens (tertiary/aromatic N) is 4. The van der Waals surface area contributed by atoms with Crippen molar-refractivity contribution in [3.8, 4) is 0 Å². The zero-order chi connectivity index (χ0) is 18.7. The highest BCUT2D eigenvalue weighted by atomic mass is 16.4. The van der Waals surface area contributed by atoms with Gasteiger partial charge >= 0.3 is 5.97 Å². The fourth-order valence-electron chi connectivity index (χ4n) is 2.61. The molecule has 2 heterocycles. The molecule has 1 aromatic carbocycles. The van der Waals surface area contributed by atoms with Gasteiger partial charge in [0.2, 0.25) is 5.91 Å². The molecular weight excluding hydrogens is 334 g/mol. The summed E-state index contributed by atoms with van der Waals surface area (Å²) in [5, 5.41) is 20.1. The Balaban J connectivity index is 1.68. The maximum absolute atomic E-state index is 12.4. The highest BCUT2D eigenvalue weighted by molar-refractivity contribution is 5.93. The number of hydrogen-bond donors (Lipinski definition) is 2. The Morgan fingerprint density at radius 3 is 2.73 bits per heavy atom. The van der Waals surface area contributed by atoms with Crippen LogP contribution in [0.3, 0.4) is 0 Å². The van der Waals surface area contributed by atoms with Gasteiger partial charge in [-0.1, -0.05) is 24.3 Å². The summed E-state index contributed by atoms with van der Waals surface area (Å²) in [5.74, 6) is -1.12. The molecule has 0 saturated heterocycles. The molecule has 2 N–H and O–H groups in total. The molecule has 134 valence electrons. The van der Waals surface area contributed by atoms with E-state index >= 15 is 0 Å². The summed E-state index contributed by atoms with van der Waals surface area (Å²) in [6.45, 7) is 4.22. The Morgan fingerprint density at radius 2 is 2.00 bits per heavy atom. The van der Waals surface area contributed by atoms with Crippen LogP contribution in [0.5, 0.6) is 0 Å². The van der Waals surface area contributed by atoms with Crippen LogP contribution in [0.25, 0.3) is 0 Å². The van der Waals surface area contributed by atoms with E-state index in [4.69, 9.17) is 5.11 Å². The van der Waals surface area contributed by atoms with Gasteiger partial charge in [0.05, 0.1) is 6.54 Å². The van der Waals surface area contributed by atoms with Crippen LogP contribution in [-0.2, 0) is 11.3 Å². The monoisotopic (exact) mass is 353 g/mol. The number of amides is 1. The Kier molecular flexibility index (Phi) is 4.83. The maximum atomic E-state index is 12.4. The number of carbonyl (C=O) groups excluding carboxylic acids is 1. The number of anilines is 1. The van der Waals surface area contributed by atoms with Crippen LogP contribution >= 0.6 is 0 Å². The summed E-state index contributed by atoms with van der Waals surface area (Å²) >= 11 is 0. The first-order chi connectivity index (χ1) is 12.5. The fraction of sp³-hybridized carbons (Fsp3) is 0.222. The summed E-state index contributed by atoms with van der Waals surface area (Å²) in [4.78, 5) is 23.6. The number of hydrogen-bond acceptors (Lipinski definition) is 4. The number of nitrogens with one attached hydrogen (secondary N) is 1. The first-order valence-electron chi connectivity index (χ1n) is 8.11. The molecule has 0 fully saturated rings. The molecule has 1 unspecified atom stereocenters. The molecule has 0 spiro atoms. The number of carboxylic acids is 1. The van der Waals surface area contributed by atoms with Crippen LogP contribution in [0.15, 0.2) is 48.8 Å². The SMILES string of the molecule is Cc1ccccc1Cn1ccc(NC(=O)C(C)n2nccc2C(=O)O)n1. The second kappa shape index (κ2) is 7.22. The van der Waals surface area contributed by atoms with Crippen LogP contribution in [-0.4, -0.2) is 36.5 Å². The number of benzene rings is 1. The second-order valence-electron chi connectivity index (χ2n) is 5.96. The standard InChI is InChI=1S/C18H19N5O3/c1-12-5-3-4-6-14(12)11-22-10-8-16(21-22)20-17(24)13(2)23-15(18(25)26)7-9-19-23/h3-10,13H,11H2,1-2H3,(H,25,26)(H,20,21,24). The van der Waals surface area contributed by atoms with Gasteiger partial charge in [-0.25, -0.2) is 9.48 Å². The third-order valence-corrected chi connectivity index (χ3v) is 4.12. The van der Waals surface area contributed by atoms with Crippen molar-refractivity contribution >= 4 is 17.7 Å². The molecule has 0 aliphatic rings. The molecule has 1 atom stereocenters. The van der Waals surface area contributed by atoms with Gasteiger partial charge in [-0.15, -0.1) is 0 Å². The molecule has 0 saturated carbocycles. The summed E-state index contributed by atoms with van der Waals surface area (Å²) in [6.07, 6.45) is 3.13. The van der Waals surface area contributed by atoms with Gasteiger partial charge in [0.25, 0.3) is 0 Å². The molecule has 0 bridgehead atoms. The maximum Gasteiger partial charge on any atom is 0.354 e. The van der Waals surface area contributed by atoms with E-state index < -0.39 is 17.9 Å². The molecule has 0 radical (unpaired) electrons. The highest BCUT2D eigenvalue weighted by Crippen LogP contribution is 2.14. The normalized spacial score (nSPS) is 11.9. The van der Waals surface area contributed by atoms with Crippen LogP contribution in [0.2, 0.25) is 0 Å². The third kappa shape index (κ3) is 3.64. The predicted octanol–water partition coefficient (Wildman–Crippen LogP) is 2.33. The lowest BCUT2D eigenvalue weighted by Crippen LogP contribution is -2.27. The first kappa shape index (κ1) is 17.4. The van der Waals surface area contributed by atoms with E-state index in [0.29, 0.717) is 12.4 Å². The van der Waals surface area contributed by atoms with Gasteiger partial charge in [-0.05, 0) is 31.0 Å². The minimum Gasteiger partial charge on any atom is -0.477 e. The van der Waals surface area contributed by atoms with E-state index in [-0.39, 0.29) is 5.69 Å². The van der Waals surface area contributed by atoms with Crippen molar-refractivity contribution in [2.75, 3.05) is 5.32 Å². The van der Waals surface area contributed by atoms with Crippen LogP contribution < -0.4 is 5.32 Å². The molecule has 3 rings (SSSR count). The summed E-state index contributed by atoms with van der Waals surface area (Å²) < 4.78 is 2.90. The van der Waals surface area contributed by atoms with Gasteiger partial charge in [0.1, 0.15) is 11.7 Å². The Labute approximate surface area is 150 Å². The van der Waals surface area contributed by atoms with Gasteiger partial charge in [0, 0.05) is 18.5 Å². The van der Waals surface area contributed by atoms with Crippen molar-refractivity contribution in [1.82, 2.24) is 19.6 Å². The molecule has 3 aromatic rings.